The Hall–Kier alpha value is -6.64. The number of hydrogen-bond acceptors (Lipinski definition) is 2. The molecule has 2 fully saturated rings. The van der Waals surface area contributed by atoms with Gasteiger partial charge in [-0.3, -0.25) is 0 Å². The summed E-state index contributed by atoms with van der Waals surface area (Å²) in [6.07, 6.45) is 9.84. The average Bonchev–Trinajstić information content (AvgIpc) is 3.87. The molecule has 8 aromatic carbocycles. The number of benzene rings is 8. The zero-order valence-corrected chi connectivity index (χ0v) is 39.5. The second-order valence-corrected chi connectivity index (χ2v) is 21.4. The second-order valence-electron chi connectivity index (χ2n) is 21.4. The summed E-state index contributed by atoms with van der Waals surface area (Å²) in [6.45, 7) is 10.2. The van der Waals surface area contributed by atoms with Crippen molar-refractivity contribution >= 4 is 22.7 Å². The van der Waals surface area contributed by atoms with Crippen molar-refractivity contribution in [1.29, 1.82) is 0 Å². The van der Waals surface area contributed by atoms with E-state index < -0.39 is 5.41 Å². The highest BCUT2D eigenvalue weighted by molar-refractivity contribution is 5.91. The van der Waals surface area contributed by atoms with Crippen LogP contribution in [0.1, 0.15) is 112 Å². The van der Waals surface area contributed by atoms with Crippen molar-refractivity contribution in [2.24, 2.45) is 0 Å². The number of fused-ring (bicyclic) bond motifs is 9. The predicted octanol–water partition coefficient (Wildman–Crippen LogP) is 16.9. The van der Waals surface area contributed by atoms with Crippen LogP contribution < -0.4 is 9.80 Å². The Kier molecular flexibility index (Phi) is 8.90. The van der Waals surface area contributed by atoms with Crippen LogP contribution in [0.3, 0.4) is 0 Å². The maximum Gasteiger partial charge on any atom is 0.0713 e. The van der Waals surface area contributed by atoms with Crippen LogP contribution in [0, 0.1) is 0 Å². The van der Waals surface area contributed by atoms with Gasteiger partial charge in [0, 0.05) is 33.6 Å². The van der Waals surface area contributed by atoms with Crippen LogP contribution in [-0.2, 0) is 16.2 Å². The van der Waals surface area contributed by atoms with Gasteiger partial charge in [0.05, 0.1) is 16.5 Å². The third-order valence-corrected chi connectivity index (χ3v) is 18.5. The highest BCUT2D eigenvalue weighted by atomic mass is 15.3. The first-order chi connectivity index (χ1) is 32.7. The van der Waals surface area contributed by atoms with E-state index >= 15 is 0 Å². The van der Waals surface area contributed by atoms with Crippen LogP contribution in [0.15, 0.2) is 194 Å². The zero-order chi connectivity index (χ0) is 45.2. The highest BCUT2D eigenvalue weighted by Gasteiger charge is 2.59. The van der Waals surface area contributed by atoms with E-state index in [0.717, 1.165) is 0 Å². The fraction of sp³-hybridized carbons (Fsp3) is 0.262. The predicted molar refractivity (Wildman–Crippen MR) is 280 cm³/mol. The van der Waals surface area contributed by atoms with E-state index in [1.165, 1.54) is 141 Å². The van der Waals surface area contributed by atoms with Gasteiger partial charge in [-0.2, -0.15) is 0 Å². The Bertz CT molecular complexity index is 2990. The van der Waals surface area contributed by atoms with Crippen molar-refractivity contribution in [2.45, 2.75) is 106 Å². The van der Waals surface area contributed by atoms with Crippen LogP contribution in [-0.4, -0.2) is 11.1 Å². The third kappa shape index (κ3) is 5.45. The standard InChI is InChI=1S/C65H60N2/c1-61-37-17-19-39-63(61,3)66(51-25-13-7-14-26-51)59-35-31-47(43-57(59)61)45-29-33-53-54-34-30-46(42-56(54)65(55(53)41-45,49-21-9-5-10-22-49)50-23-11-6-12-24-50)48-32-36-60-58(44-48)62(2)38-18-20-40-64(62,4)67(60)52-27-15-8-16-28-52/h5-16,21-36,41-44H,17-20,37-40H2,1-4H3. The highest BCUT2D eigenvalue weighted by Crippen LogP contribution is 2.64. The molecule has 2 saturated carbocycles. The third-order valence-electron chi connectivity index (χ3n) is 18.5. The van der Waals surface area contributed by atoms with Crippen molar-refractivity contribution in [3.63, 3.8) is 0 Å². The van der Waals surface area contributed by atoms with Gasteiger partial charge >= 0.3 is 0 Å². The van der Waals surface area contributed by atoms with Gasteiger partial charge in [0.2, 0.25) is 0 Å². The van der Waals surface area contributed by atoms with Gasteiger partial charge in [-0.15, -0.1) is 0 Å². The molecule has 67 heavy (non-hydrogen) atoms. The van der Waals surface area contributed by atoms with Gasteiger partial charge in [0.1, 0.15) is 0 Å². The number of rotatable bonds is 6. The molecule has 4 unspecified atom stereocenters. The van der Waals surface area contributed by atoms with E-state index in [9.17, 15) is 0 Å². The summed E-state index contributed by atoms with van der Waals surface area (Å²) >= 11 is 0. The van der Waals surface area contributed by atoms with E-state index in [4.69, 9.17) is 0 Å². The Morgan fingerprint density at radius 1 is 0.328 bits per heavy atom. The molecule has 2 aliphatic heterocycles. The Balaban J connectivity index is 0.984. The molecule has 2 nitrogen and oxygen atoms in total. The summed E-state index contributed by atoms with van der Waals surface area (Å²) < 4.78 is 0. The Morgan fingerprint density at radius 2 is 0.657 bits per heavy atom. The van der Waals surface area contributed by atoms with Crippen LogP contribution in [0.5, 0.6) is 0 Å². The van der Waals surface area contributed by atoms with Crippen LogP contribution in [0.2, 0.25) is 0 Å². The molecule has 0 spiro atoms. The van der Waals surface area contributed by atoms with Gasteiger partial charge in [-0.1, -0.05) is 173 Å². The topological polar surface area (TPSA) is 6.48 Å². The van der Waals surface area contributed by atoms with Crippen LogP contribution >= 0.6 is 0 Å². The number of para-hydroxylation sites is 2. The SMILES string of the molecule is CC12CCCCC1(C)N(c1ccccc1)c1ccc(-c3ccc4c(c3)C(c3ccccc3)(c3ccccc3)c3cc(-c5ccc6c(c5)C5(C)CCCCC5(C)N6c5ccccc5)ccc3-4)cc12. The van der Waals surface area contributed by atoms with Crippen LogP contribution in [0.25, 0.3) is 33.4 Å². The lowest BCUT2D eigenvalue weighted by Crippen LogP contribution is -2.54. The number of hydrogen-bond donors (Lipinski definition) is 0. The molecule has 0 aromatic heterocycles. The number of nitrogens with zero attached hydrogens (tertiary/aromatic N) is 2. The summed E-state index contributed by atoms with van der Waals surface area (Å²) in [5.74, 6) is 0. The molecule has 3 aliphatic carbocycles. The van der Waals surface area contributed by atoms with E-state index in [2.05, 4.69) is 232 Å². The molecular weight excluding hydrogens is 809 g/mol. The first-order valence-corrected chi connectivity index (χ1v) is 25.1. The molecule has 2 heterocycles. The maximum atomic E-state index is 2.69. The van der Waals surface area contributed by atoms with Crippen LogP contribution in [0.4, 0.5) is 22.7 Å². The zero-order valence-electron chi connectivity index (χ0n) is 39.5. The largest absolute Gasteiger partial charge is 0.334 e. The fourth-order valence-corrected chi connectivity index (χ4v) is 14.6. The first-order valence-electron chi connectivity index (χ1n) is 25.1. The lowest BCUT2D eigenvalue weighted by atomic mass is 9.61. The van der Waals surface area contributed by atoms with Crippen molar-refractivity contribution in [1.82, 2.24) is 0 Å². The van der Waals surface area contributed by atoms with Crippen molar-refractivity contribution in [2.75, 3.05) is 9.80 Å². The lowest BCUT2D eigenvalue weighted by molar-refractivity contribution is 0.195. The molecule has 0 saturated heterocycles. The maximum absolute atomic E-state index is 2.69. The second kappa shape index (κ2) is 14.7. The molecule has 0 bridgehead atoms. The lowest BCUT2D eigenvalue weighted by Gasteiger charge is -2.50. The minimum absolute atomic E-state index is 0.00844. The van der Waals surface area contributed by atoms with Gasteiger partial charge in [-0.05, 0) is 167 Å². The molecular formula is C65H60N2. The summed E-state index contributed by atoms with van der Waals surface area (Å²) in [4.78, 5) is 5.37. The molecule has 5 aliphatic rings. The molecule has 0 radical (unpaired) electrons. The van der Waals surface area contributed by atoms with Crippen molar-refractivity contribution in [3.05, 3.63) is 228 Å². The summed E-state index contributed by atoms with van der Waals surface area (Å²) in [6, 6.07) is 74.6. The van der Waals surface area contributed by atoms with E-state index in [0.29, 0.717) is 0 Å². The molecule has 13 rings (SSSR count). The molecule has 0 N–H and O–H groups in total. The molecule has 330 valence electrons. The smallest absolute Gasteiger partial charge is 0.0713 e. The summed E-state index contributed by atoms with van der Waals surface area (Å²) in [5, 5.41) is 0. The Morgan fingerprint density at radius 3 is 1.04 bits per heavy atom. The van der Waals surface area contributed by atoms with Crippen molar-refractivity contribution < 1.29 is 0 Å². The van der Waals surface area contributed by atoms with Gasteiger partial charge in [0.15, 0.2) is 0 Å². The van der Waals surface area contributed by atoms with Gasteiger partial charge < -0.3 is 9.80 Å². The minimum atomic E-state index is -0.525. The fourth-order valence-electron chi connectivity index (χ4n) is 14.6. The molecule has 4 atom stereocenters. The molecule has 2 heteroatoms. The van der Waals surface area contributed by atoms with E-state index in [-0.39, 0.29) is 21.9 Å². The van der Waals surface area contributed by atoms with Gasteiger partial charge in [-0.25, -0.2) is 0 Å². The Labute approximate surface area is 398 Å². The number of anilines is 4. The first kappa shape index (κ1) is 40.6. The van der Waals surface area contributed by atoms with E-state index in [1.54, 1.807) is 0 Å². The minimum Gasteiger partial charge on any atom is -0.334 e. The quantitative estimate of drug-likeness (QED) is 0.164. The van der Waals surface area contributed by atoms with Gasteiger partial charge in [0.25, 0.3) is 0 Å². The average molecular weight is 869 g/mol. The van der Waals surface area contributed by atoms with Crippen molar-refractivity contribution in [3.8, 4) is 33.4 Å². The molecule has 8 aromatic rings. The monoisotopic (exact) mass is 868 g/mol. The summed E-state index contributed by atoms with van der Waals surface area (Å²) in [7, 11) is 0. The summed E-state index contributed by atoms with van der Waals surface area (Å²) in [5.41, 5.74) is 21.0. The normalized spacial score (nSPS) is 25.1. The molecule has 0 amide bonds. The van der Waals surface area contributed by atoms with E-state index in [1.807, 2.05) is 0 Å².